The van der Waals surface area contributed by atoms with E-state index < -0.39 is 0 Å². The van der Waals surface area contributed by atoms with Gasteiger partial charge in [-0.3, -0.25) is 4.90 Å². The maximum absolute atomic E-state index is 9.25. The minimum absolute atomic E-state index is 0.0183. The van der Waals surface area contributed by atoms with E-state index in [1.54, 1.807) is 6.20 Å². The molecule has 8 nitrogen and oxygen atoms in total. The molecule has 0 aliphatic carbocycles. The molecule has 174 valence electrons. The summed E-state index contributed by atoms with van der Waals surface area (Å²) in [6.07, 6.45) is 1.76. The first-order valence-electron chi connectivity index (χ1n) is 11.4. The lowest BCUT2D eigenvalue weighted by Crippen LogP contribution is -2.46. The van der Waals surface area contributed by atoms with Crippen LogP contribution in [0.25, 0.3) is 11.0 Å². The first kappa shape index (κ1) is 23.0. The molecule has 0 atom stereocenters. The van der Waals surface area contributed by atoms with Gasteiger partial charge in [-0.25, -0.2) is 9.97 Å². The number of fused-ring (bicyclic) bond motifs is 1. The van der Waals surface area contributed by atoms with E-state index in [1.165, 1.54) is 11.4 Å². The van der Waals surface area contributed by atoms with Crippen LogP contribution in [0, 0.1) is 16.7 Å². The number of aromatic nitrogens is 3. The summed E-state index contributed by atoms with van der Waals surface area (Å²) in [7, 11) is 0. The highest BCUT2D eigenvalue weighted by atomic mass is 16.5. The predicted molar refractivity (Wildman–Crippen MR) is 128 cm³/mol. The lowest BCUT2D eigenvalue weighted by molar-refractivity contribution is 0.201. The Hall–Kier alpha value is -3.15. The molecule has 3 aromatic rings. The van der Waals surface area contributed by atoms with Crippen molar-refractivity contribution in [3.05, 3.63) is 48.0 Å². The average molecular weight is 449 g/mol. The standard InChI is InChI=1S/C25H32N6O2/c1-25(2,3)18-31-21(14-19-16-27-23(15-26)28-24(19)31)17-29-8-10-30(11-9-29)20-4-6-22(7-5-20)33-13-12-32/h4-7,14,16,32H,8-13,17-18H2,1-3H3. The summed E-state index contributed by atoms with van der Waals surface area (Å²) in [5.74, 6) is 0.990. The van der Waals surface area contributed by atoms with E-state index in [4.69, 9.17) is 9.84 Å². The Balaban J connectivity index is 1.45. The molecule has 1 saturated heterocycles. The Labute approximate surface area is 195 Å². The Morgan fingerprint density at radius 2 is 1.85 bits per heavy atom. The Morgan fingerprint density at radius 3 is 2.48 bits per heavy atom. The number of benzene rings is 1. The van der Waals surface area contributed by atoms with E-state index in [0.29, 0.717) is 6.61 Å². The van der Waals surface area contributed by atoms with Gasteiger partial charge in [0.15, 0.2) is 0 Å². The highest BCUT2D eigenvalue weighted by molar-refractivity contribution is 5.77. The van der Waals surface area contributed by atoms with Crippen molar-refractivity contribution >= 4 is 16.7 Å². The summed E-state index contributed by atoms with van der Waals surface area (Å²) >= 11 is 0. The third kappa shape index (κ3) is 5.62. The van der Waals surface area contributed by atoms with E-state index in [-0.39, 0.29) is 17.8 Å². The van der Waals surface area contributed by atoms with Gasteiger partial charge in [-0.1, -0.05) is 20.8 Å². The molecule has 3 heterocycles. The van der Waals surface area contributed by atoms with Gasteiger partial charge >= 0.3 is 0 Å². The van der Waals surface area contributed by atoms with Gasteiger partial charge < -0.3 is 19.3 Å². The van der Waals surface area contributed by atoms with Crippen molar-refractivity contribution in [3.8, 4) is 11.8 Å². The number of piperazine rings is 1. The maximum Gasteiger partial charge on any atom is 0.234 e. The first-order chi connectivity index (χ1) is 15.9. The summed E-state index contributed by atoms with van der Waals surface area (Å²) in [4.78, 5) is 13.5. The Kier molecular flexibility index (Phi) is 6.82. The van der Waals surface area contributed by atoms with Crippen LogP contribution >= 0.6 is 0 Å². The molecular formula is C25H32N6O2. The molecule has 0 bridgehead atoms. The van der Waals surface area contributed by atoms with Crippen molar-refractivity contribution in [1.82, 2.24) is 19.4 Å². The second-order valence-electron chi connectivity index (χ2n) is 9.70. The van der Waals surface area contributed by atoms with Crippen molar-refractivity contribution in [2.75, 3.05) is 44.3 Å². The predicted octanol–water partition coefficient (Wildman–Crippen LogP) is 3.04. The summed E-state index contributed by atoms with van der Waals surface area (Å²) in [5.41, 5.74) is 3.33. The zero-order valence-electron chi connectivity index (χ0n) is 19.7. The molecule has 0 spiro atoms. The molecule has 2 aromatic heterocycles. The third-order valence-corrected chi connectivity index (χ3v) is 5.77. The fraction of sp³-hybridized carbons (Fsp3) is 0.480. The molecular weight excluding hydrogens is 416 g/mol. The van der Waals surface area contributed by atoms with Crippen molar-refractivity contribution < 1.29 is 9.84 Å². The number of nitrogens with zero attached hydrogens (tertiary/aromatic N) is 6. The van der Waals surface area contributed by atoms with Gasteiger partial charge in [0.2, 0.25) is 5.82 Å². The number of aliphatic hydroxyl groups excluding tert-OH is 1. The zero-order chi connectivity index (χ0) is 23.4. The largest absolute Gasteiger partial charge is 0.491 e. The third-order valence-electron chi connectivity index (χ3n) is 5.77. The molecule has 0 saturated carbocycles. The molecule has 1 fully saturated rings. The van der Waals surface area contributed by atoms with Crippen LogP contribution in [0.2, 0.25) is 0 Å². The second-order valence-corrected chi connectivity index (χ2v) is 9.70. The van der Waals surface area contributed by atoms with Crippen LogP contribution in [-0.2, 0) is 13.1 Å². The van der Waals surface area contributed by atoms with Crippen molar-refractivity contribution in [1.29, 1.82) is 5.26 Å². The van der Waals surface area contributed by atoms with Crippen molar-refractivity contribution in [2.24, 2.45) is 5.41 Å². The molecule has 1 aromatic carbocycles. The van der Waals surface area contributed by atoms with Crippen LogP contribution in [0.1, 0.15) is 32.3 Å². The van der Waals surface area contributed by atoms with Crippen LogP contribution in [0.15, 0.2) is 36.5 Å². The Morgan fingerprint density at radius 1 is 1.12 bits per heavy atom. The van der Waals surface area contributed by atoms with Gasteiger partial charge in [0.25, 0.3) is 0 Å². The molecule has 33 heavy (non-hydrogen) atoms. The van der Waals surface area contributed by atoms with Crippen LogP contribution in [-0.4, -0.2) is 63.9 Å². The van der Waals surface area contributed by atoms with Gasteiger partial charge in [0.05, 0.1) is 6.61 Å². The van der Waals surface area contributed by atoms with Crippen molar-refractivity contribution in [3.63, 3.8) is 0 Å². The number of ether oxygens (including phenoxy) is 1. The van der Waals surface area contributed by atoms with Crippen LogP contribution in [0.3, 0.4) is 0 Å². The van der Waals surface area contributed by atoms with Gasteiger partial charge in [-0.05, 0) is 35.7 Å². The monoisotopic (exact) mass is 448 g/mol. The molecule has 0 radical (unpaired) electrons. The number of nitriles is 1. The smallest absolute Gasteiger partial charge is 0.234 e. The number of aliphatic hydroxyl groups is 1. The fourth-order valence-corrected chi connectivity index (χ4v) is 4.24. The van der Waals surface area contributed by atoms with Crippen LogP contribution < -0.4 is 9.64 Å². The van der Waals surface area contributed by atoms with E-state index in [1.807, 2.05) is 12.1 Å². The van der Waals surface area contributed by atoms with Crippen LogP contribution in [0.5, 0.6) is 5.75 Å². The Bertz CT molecular complexity index is 1120. The SMILES string of the molecule is CC(C)(C)Cn1c(CN2CCN(c3ccc(OCCO)cc3)CC2)cc2cnc(C#N)nc21. The molecule has 1 aliphatic heterocycles. The van der Waals surface area contributed by atoms with Crippen LogP contribution in [0.4, 0.5) is 5.69 Å². The lowest BCUT2D eigenvalue weighted by atomic mass is 9.97. The average Bonchev–Trinajstić information content (AvgIpc) is 3.13. The van der Waals surface area contributed by atoms with E-state index in [0.717, 1.165) is 56.1 Å². The summed E-state index contributed by atoms with van der Waals surface area (Å²) in [5, 5.41) is 19.1. The van der Waals surface area contributed by atoms with Gasteiger partial charge in [0, 0.05) is 62.2 Å². The molecule has 4 rings (SSSR count). The number of rotatable bonds is 7. The number of hydrogen-bond acceptors (Lipinski definition) is 7. The quantitative estimate of drug-likeness (QED) is 0.594. The first-order valence-corrected chi connectivity index (χ1v) is 11.4. The summed E-state index contributed by atoms with van der Waals surface area (Å²) in [6.45, 7) is 12.5. The fourth-order valence-electron chi connectivity index (χ4n) is 4.24. The molecule has 0 unspecified atom stereocenters. The minimum Gasteiger partial charge on any atom is -0.491 e. The normalized spacial score (nSPS) is 15.1. The summed E-state index contributed by atoms with van der Waals surface area (Å²) < 4.78 is 7.72. The van der Waals surface area contributed by atoms with E-state index in [2.05, 4.69) is 69.4 Å². The maximum atomic E-state index is 9.25. The van der Waals surface area contributed by atoms with E-state index >= 15 is 0 Å². The molecule has 1 aliphatic rings. The molecule has 1 N–H and O–H groups in total. The second kappa shape index (κ2) is 9.77. The minimum atomic E-state index is 0.0183. The number of hydrogen-bond donors (Lipinski definition) is 1. The van der Waals surface area contributed by atoms with Gasteiger partial charge in [-0.15, -0.1) is 0 Å². The topological polar surface area (TPSA) is 90.4 Å². The highest BCUT2D eigenvalue weighted by Crippen LogP contribution is 2.26. The van der Waals surface area contributed by atoms with E-state index in [9.17, 15) is 5.26 Å². The summed E-state index contributed by atoms with van der Waals surface area (Å²) in [6, 6.07) is 12.3. The van der Waals surface area contributed by atoms with Gasteiger partial charge in [0.1, 0.15) is 24.1 Å². The van der Waals surface area contributed by atoms with Gasteiger partial charge in [-0.2, -0.15) is 5.26 Å². The lowest BCUT2D eigenvalue weighted by Gasteiger charge is -2.36. The molecule has 0 amide bonds. The van der Waals surface area contributed by atoms with Crippen molar-refractivity contribution in [2.45, 2.75) is 33.9 Å². The zero-order valence-corrected chi connectivity index (χ0v) is 19.7. The highest BCUT2D eigenvalue weighted by Gasteiger charge is 2.22. The molecule has 8 heteroatoms. The number of anilines is 1.